The van der Waals surface area contributed by atoms with Gasteiger partial charge in [0.1, 0.15) is 5.82 Å². The molecule has 11 heavy (non-hydrogen) atoms. The van der Waals surface area contributed by atoms with Gasteiger partial charge in [0.2, 0.25) is 0 Å². The molecule has 0 aliphatic carbocycles. The molecule has 0 unspecified atom stereocenters. The number of thioether (sulfide) groups is 1. The van der Waals surface area contributed by atoms with Crippen molar-refractivity contribution in [2.24, 2.45) is 0 Å². The number of hydrogen-bond acceptors (Lipinski definition) is 1. The Labute approximate surface area is 74.8 Å². The number of hydrogen-bond donors (Lipinski definition) is 0. The molecule has 60 valence electrons. The van der Waals surface area contributed by atoms with Gasteiger partial charge in [-0.2, -0.15) is 11.8 Å². The smallest absolute Gasteiger partial charge is 0.124 e. The Bertz CT molecular complexity index is 250. The third-order valence-electron chi connectivity index (χ3n) is 1.31. The van der Waals surface area contributed by atoms with Gasteiger partial charge in [-0.1, -0.05) is 17.7 Å². The molecule has 0 aliphatic rings. The van der Waals surface area contributed by atoms with Gasteiger partial charge in [-0.05, 0) is 24.0 Å². The lowest BCUT2D eigenvalue weighted by Gasteiger charge is -2.00. The van der Waals surface area contributed by atoms with Crippen molar-refractivity contribution >= 4 is 23.4 Å². The minimum Gasteiger partial charge on any atom is -0.207 e. The number of rotatable bonds is 2. The van der Waals surface area contributed by atoms with Crippen molar-refractivity contribution in [2.75, 3.05) is 6.26 Å². The third kappa shape index (κ3) is 2.38. The molecule has 0 saturated heterocycles. The van der Waals surface area contributed by atoms with E-state index in [-0.39, 0.29) is 5.82 Å². The molecule has 0 aromatic heterocycles. The normalized spacial score (nSPS) is 10.1. The predicted molar refractivity (Wildman–Crippen MR) is 48.6 cm³/mol. The van der Waals surface area contributed by atoms with Crippen molar-refractivity contribution in [1.82, 2.24) is 0 Å². The maximum absolute atomic E-state index is 12.5. The fourth-order valence-corrected chi connectivity index (χ4v) is 1.67. The van der Waals surface area contributed by atoms with Crippen molar-refractivity contribution in [3.63, 3.8) is 0 Å². The van der Waals surface area contributed by atoms with Gasteiger partial charge >= 0.3 is 0 Å². The Kier molecular flexibility index (Phi) is 3.21. The van der Waals surface area contributed by atoms with Crippen molar-refractivity contribution in [3.8, 4) is 0 Å². The number of benzene rings is 1. The Morgan fingerprint density at radius 3 is 2.82 bits per heavy atom. The van der Waals surface area contributed by atoms with Gasteiger partial charge in [-0.15, -0.1) is 0 Å². The summed E-state index contributed by atoms with van der Waals surface area (Å²) in [7, 11) is 0. The lowest BCUT2D eigenvalue weighted by Crippen LogP contribution is -1.82. The minimum absolute atomic E-state index is 0.278. The first kappa shape index (κ1) is 8.88. The van der Waals surface area contributed by atoms with Crippen LogP contribution in [0.2, 0.25) is 5.02 Å². The van der Waals surface area contributed by atoms with E-state index in [9.17, 15) is 4.39 Å². The van der Waals surface area contributed by atoms with Crippen molar-refractivity contribution in [2.45, 2.75) is 5.75 Å². The summed E-state index contributed by atoms with van der Waals surface area (Å²) in [5, 5.41) is 0.513. The molecule has 1 aromatic rings. The molecule has 0 atom stereocenters. The molecule has 1 rings (SSSR count). The maximum atomic E-state index is 12.5. The lowest BCUT2D eigenvalue weighted by molar-refractivity contribution is 0.627. The van der Waals surface area contributed by atoms with E-state index in [0.717, 1.165) is 11.3 Å². The summed E-state index contributed by atoms with van der Waals surface area (Å²) in [6.45, 7) is 0. The van der Waals surface area contributed by atoms with Crippen LogP contribution in [0.4, 0.5) is 4.39 Å². The lowest BCUT2D eigenvalue weighted by atomic mass is 10.2. The fraction of sp³-hybridized carbons (Fsp3) is 0.250. The second-order valence-electron chi connectivity index (χ2n) is 2.17. The summed E-state index contributed by atoms with van der Waals surface area (Å²) in [6, 6.07) is 4.48. The zero-order valence-corrected chi connectivity index (χ0v) is 7.68. The third-order valence-corrected chi connectivity index (χ3v) is 2.27. The topological polar surface area (TPSA) is 0 Å². The van der Waals surface area contributed by atoms with Crippen LogP contribution < -0.4 is 0 Å². The predicted octanol–water partition coefficient (Wildman–Crippen LogP) is 3.34. The van der Waals surface area contributed by atoms with E-state index in [2.05, 4.69) is 0 Å². The van der Waals surface area contributed by atoms with Gasteiger partial charge in [0.15, 0.2) is 0 Å². The molecule has 0 fully saturated rings. The van der Waals surface area contributed by atoms with Crippen LogP contribution in [-0.2, 0) is 5.75 Å². The summed E-state index contributed by atoms with van der Waals surface area (Å²) in [6.07, 6.45) is 1.99. The molecular formula is C8H8ClFS. The second-order valence-corrected chi connectivity index (χ2v) is 3.44. The zero-order chi connectivity index (χ0) is 8.27. The summed E-state index contributed by atoms with van der Waals surface area (Å²) in [5.74, 6) is 0.555. The second kappa shape index (κ2) is 3.98. The van der Waals surface area contributed by atoms with Gasteiger partial charge in [0.05, 0.1) is 0 Å². The number of halogens is 2. The summed E-state index contributed by atoms with van der Waals surface area (Å²) in [5.41, 5.74) is 0.987. The highest BCUT2D eigenvalue weighted by atomic mass is 35.5. The average Bonchev–Trinajstić information content (AvgIpc) is 1.95. The van der Waals surface area contributed by atoms with Crippen LogP contribution in [0.15, 0.2) is 18.2 Å². The Morgan fingerprint density at radius 1 is 1.55 bits per heavy atom. The highest BCUT2D eigenvalue weighted by Gasteiger charge is 1.99. The van der Waals surface area contributed by atoms with Crippen LogP contribution in [-0.4, -0.2) is 6.26 Å². The van der Waals surface area contributed by atoms with Crippen LogP contribution in [0.25, 0.3) is 0 Å². The van der Waals surface area contributed by atoms with Gasteiger partial charge in [0, 0.05) is 10.8 Å². The van der Waals surface area contributed by atoms with E-state index < -0.39 is 0 Å². The Hall–Kier alpha value is -0.210. The van der Waals surface area contributed by atoms with Crippen molar-refractivity contribution < 1.29 is 4.39 Å². The van der Waals surface area contributed by atoms with Crippen LogP contribution in [0, 0.1) is 5.82 Å². The Balaban J connectivity index is 2.90. The van der Waals surface area contributed by atoms with E-state index in [1.165, 1.54) is 12.1 Å². The van der Waals surface area contributed by atoms with E-state index in [0.29, 0.717) is 5.02 Å². The van der Waals surface area contributed by atoms with Gasteiger partial charge in [0.25, 0.3) is 0 Å². The van der Waals surface area contributed by atoms with E-state index in [1.54, 1.807) is 17.8 Å². The highest BCUT2D eigenvalue weighted by Crippen LogP contribution is 2.20. The van der Waals surface area contributed by atoms with Crippen LogP contribution in [0.1, 0.15) is 5.56 Å². The van der Waals surface area contributed by atoms with Crippen LogP contribution in [0.3, 0.4) is 0 Å². The molecule has 3 heteroatoms. The van der Waals surface area contributed by atoms with Crippen molar-refractivity contribution in [1.29, 1.82) is 0 Å². The summed E-state index contributed by atoms with van der Waals surface area (Å²) >= 11 is 7.42. The molecule has 0 amide bonds. The molecule has 0 aliphatic heterocycles. The molecule has 0 nitrogen and oxygen atoms in total. The first-order valence-electron chi connectivity index (χ1n) is 3.17. The SMILES string of the molecule is CSCc1ccc(F)cc1Cl. The molecule has 0 radical (unpaired) electrons. The van der Waals surface area contributed by atoms with Gasteiger partial charge < -0.3 is 0 Å². The summed E-state index contributed by atoms with van der Waals surface area (Å²) < 4.78 is 12.5. The first-order valence-corrected chi connectivity index (χ1v) is 4.94. The Morgan fingerprint density at radius 2 is 2.27 bits per heavy atom. The first-order chi connectivity index (χ1) is 5.24. The minimum atomic E-state index is -0.278. The van der Waals surface area contributed by atoms with E-state index >= 15 is 0 Å². The van der Waals surface area contributed by atoms with E-state index in [1.807, 2.05) is 6.26 Å². The maximum Gasteiger partial charge on any atom is 0.124 e. The highest BCUT2D eigenvalue weighted by molar-refractivity contribution is 7.97. The quantitative estimate of drug-likeness (QED) is 0.690. The molecule has 0 N–H and O–H groups in total. The molecular weight excluding hydrogens is 183 g/mol. The standard InChI is InChI=1S/C8H8ClFS/c1-11-5-6-2-3-7(10)4-8(6)9/h2-4H,5H2,1H3. The molecule has 0 saturated carbocycles. The summed E-state index contributed by atoms with van der Waals surface area (Å²) in [4.78, 5) is 0. The average molecular weight is 191 g/mol. The largest absolute Gasteiger partial charge is 0.207 e. The zero-order valence-electron chi connectivity index (χ0n) is 6.10. The fourth-order valence-electron chi connectivity index (χ4n) is 0.794. The van der Waals surface area contributed by atoms with Crippen LogP contribution in [0.5, 0.6) is 0 Å². The molecule has 1 aromatic carbocycles. The van der Waals surface area contributed by atoms with E-state index in [4.69, 9.17) is 11.6 Å². The van der Waals surface area contributed by atoms with Gasteiger partial charge in [-0.25, -0.2) is 4.39 Å². The van der Waals surface area contributed by atoms with Crippen molar-refractivity contribution in [3.05, 3.63) is 34.6 Å². The van der Waals surface area contributed by atoms with Crippen LogP contribution >= 0.6 is 23.4 Å². The monoisotopic (exact) mass is 190 g/mol. The molecule has 0 spiro atoms. The molecule has 0 bridgehead atoms. The molecule has 0 heterocycles. The van der Waals surface area contributed by atoms with Gasteiger partial charge in [-0.3, -0.25) is 0 Å².